The Kier molecular flexibility index (Phi) is 7.74. The van der Waals surface area contributed by atoms with Gasteiger partial charge in [-0.25, -0.2) is 8.42 Å². The van der Waals surface area contributed by atoms with Crippen molar-refractivity contribution < 1.29 is 17.9 Å². The van der Waals surface area contributed by atoms with Crippen molar-refractivity contribution in [3.63, 3.8) is 0 Å². The Morgan fingerprint density at radius 3 is 2.37 bits per heavy atom. The van der Waals surface area contributed by atoms with Gasteiger partial charge in [-0.05, 0) is 66.8 Å². The van der Waals surface area contributed by atoms with Crippen LogP contribution in [0.25, 0.3) is 11.1 Å². The van der Waals surface area contributed by atoms with Gasteiger partial charge >= 0.3 is 0 Å². The molecule has 5 nitrogen and oxygen atoms in total. The van der Waals surface area contributed by atoms with E-state index in [1.807, 2.05) is 62.4 Å². The quantitative estimate of drug-likeness (QED) is 0.382. The molecule has 1 fully saturated rings. The highest BCUT2D eigenvalue weighted by atomic mass is 35.5. The van der Waals surface area contributed by atoms with E-state index in [9.17, 15) is 13.2 Å². The predicted molar refractivity (Wildman–Crippen MR) is 141 cm³/mol. The number of benzene rings is 3. The van der Waals surface area contributed by atoms with Gasteiger partial charge < -0.3 is 9.64 Å². The molecular formula is C27H27Cl2NO4S. The van der Waals surface area contributed by atoms with E-state index in [2.05, 4.69) is 0 Å². The molecule has 1 amide bonds. The molecule has 0 aliphatic carbocycles. The van der Waals surface area contributed by atoms with Crippen molar-refractivity contribution in [3.05, 3.63) is 87.4 Å². The Morgan fingerprint density at radius 2 is 1.74 bits per heavy atom. The summed E-state index contributed by atoms with van der Waals surface area (Å²) in [5.74, 6) is 0.439. The second-order valence-electron chi connectivity index (χ2n) is 8.93. The van der Waals surface area contributed by atoms with Crippen molar-refractivity contribution >= 4 is 38.9 Å². The van der Waals surface area contributed by atoms with E-state index in [4.69, 9.17) is 27.9 Å². The molecule has 1 saturated heterocycles. The zero-order chi connectivity index (χ0) is 25.2. The van der Waals surface area contributed by atoms with Crippen LogP contribution in [0.1, 0.15) is 23.1 Å². The number of nitrogens with zero attached hydrogens (tertiary/aromatic N) is 1. The Balaban J connectivity index is 1.51. The molecule has 0 N–H and O–H groups in total. The van der Waals surface area contributed by atoms with E-state index >= 15 is 0 Å². The van der Waals surface area contributed by atoms with E-state index in [-0.39, 0.29) is 30.1 Å². The van der Waals surface area contributed by atoms with Crippen LogP contribution in [0.2, 0.25) is 10.0 Å². The van der Waals surface area contributed by atoms with E-state index in [0.29, 0.717) is 28.8 Å². The molecule has 184 valence electrons. The van der Waals surface area contributed by atoms with Crippen molar-refractivity contribution in [1.29, 1.82) is 0 Å². The number of aryl methyl sites for hydroxylation is 2. The molecule has 0 aromatic heterocycles. The second kappa shape index (κ2) is 10.6. The van der Waals surface area contributed by atoms with E-state index in [0.717, 1.165) is 27.8 Å². The van der Waals surface area contributed by atoms with Crippen LogP contribution in [0.15, 0.2) is 60.7 Å². The number of carbonyl (C=O) groups is 1. The van der Waals surface area contributed by atoms with Crippen molar-refractivity contribution in [2.45, 2.75) is 32.9 Å². The molecular weight excluding hydrogens is 505 g/mol. The maximum absolute atomic E-state index is 13.2. The van der Waals surface area contributed by atoms with Gasteiger partial charge in [-0.2, -0.15) is 0 Å². The third kappa shape index (κ3) is 6.37. The number of ether oxygens (including phenoxy) is 1. The SMILES string of the molecule is Cc1ccc(OCC(=O)N(Cc2ccc(-c3ccc(Cl)cc3Cl)cc2)C2CCS(=O)(=O)C2)cc1C. The summed E-state index contributed by atoms with van der Waals surface area (Å²) in [6.45, 7) is 4.14. The van der Waals surface area contributed by atoms with Crippen molar-refractivity contribution in [2.24, 2.45) is 0 Å². The fourth-order valence-corrected chi connectivity index (χ4v) is 6.43. The standard InChI is InChI=1S/C27H27Cl2NO4S/c1-18-3-9-24(13-19(18)2)34-16-27(31)30(23-11-12-35(32,33)17-23)15-20-4-6-21(7-5-20)25-10-8-22(28)14-26(25)29/h3-10,13-14,23H,11-12,15-17H2,1-2H3. The van der Waals surface area contributed by atoms with Gasteiger partial charge in [0.05, 0.1) is 11.5 Å². The van der Waals surface area contributed by atoms with Gasteiger partial charge in [-0.15, -0.1) is 0 Å². The minimum Gasteiger partial charge on any atom is -0.484 e. The largest absolute Gasteiger partial charge is 0.484 e. The highest BCUT2D eigenvalue weighted by Gasteiger charge is 2.34. The zero-order valence-corrected chi connectivity index (χ0v) is 22.0. The summed E-state index contributed by atoms with van der Waals surface area (Å²) in [4.78, 5) is 14.8. The second-order valence-corrected chi connectivity index (χ2v) is 12.0. The summed E-state index contributed by atoms with van der Waals surface area (Å²) < 4.78 is 30.0. The number of sulfone groups is 1. The van der Waals surface area contributed by atoms with Crippen LogP contribution in [0.3, 0.4) is 0 Å². The molecule has 4 rings (SSSR count). The average Bonchev–Trinajstić information content (AvgIpc) is 3.18. The van der Waals surface area contributed by atoms with Gasteiger partial charge in [-0.3, -0.25) is 4.79 Å². The van der Waals surface area contributed by atoms with Crippen molar-refractivity contribution in [3.8, 4) is 16.9 Å². The first-order valence-corrected chi connectivity index (χ1v) is 13.9. The van der Waals surface area contributed by atoms with Crippen molar-refractivity contribution in [1.82, 2.24) is 4.90 Å². The first-order valence-electron chi connectivity index (χ1n) is 11.4. The highest BCUT2D eigenvalue weighted by molar-refractivity contribution is 7.91. The molecule has 35 heavy (non-hydrogen) atoms. The number of hydrogen-bond donors (Lipinski definition) is 0. The van der Waals surface area contributed by atoms with E-state index < -0.39 is 9.84 Å². The molecule has 0 saturated carbocycles. The third-order valence-corrected chi connectivity index (χ3v) is 8.66. The fourth-order valence-electron chi connectivity index (χ4n) is 4.18. The van der Waals surface area contributed by atoms with Gasteiger partial charge in [0.2, 0.25) is 0 Å². The lowest BCUT2D eigenvalue weighted by Crippen LogP contribution is -2.43. The Morgan fingerprint density at radius 1 is 1.00 bits per heavy atom. The van der Waals surface area contributed by atoms with E-state index in [1.165, 1.54) is 0 Å². The van der Waals surface area contributed by atoms with Crippen LogP contribution in [0, 0.1) is 13.8 Å². The molecule has 1 heterocycles. The summed E-state index contributed by atoms with van der Waals surface area (Å²) in [5, 5.41) is 1.13. The maximum Gasteiger partial charge on any atom is 0.261 e. The minimum atomic E-state index is -3.15. The third-order valence-electron chi connectivity index (χ3n) is 6.36. The highest BCUT2D eigenvalue weighted by Crippen LogP contribution is 2.31. The van der Waals surface area contributed by atoms with Crippen LogP contribution < -0.4 is 4.74 Å². The first-order chi connectivity index (χ1) is 16.6. The lowest BCUT2D eigenvalue weighted by molar-refractivity contribution is -0.136. The Hall–Kier alpha value is -2.54. The number of hydrogen-bond acceptors (Lipinski definition) is 4. The Labute approximate surface area is 216 Å². The fraction of sp³-hybridized carbons (Fsp3) is 0.296. The number of carbonyl (C=O) groups excluding carboxylic acids is 1. The van der Waals surface area contributed by atoms with Crippen molar-refractivity contribution in [2.75, 3.05) is 18.1 Å². The summed E-state index contributed by atoms with van der Waals surface area (Å²) in [5.41, 5.74) is 4.90. The van der Waals surface area contributed by atoms with Gasteiger partial charge in [0.1, 0.15) is 5.75 Å². The van der Waals surface area contributed by atoms with Gasteiger partial charge in [0.25, 0.3) is 5.91 Å². The molecule has 1 unspecified atom stereocenters. The molecule has 1 aliphatic rings. The van der Waals surface area contributed by atoms with Gasteiger partial charge in [0.15, 0.2) is 16.4 Å². The zero-order valence-electron chi connectivity index (χ0n) is 19.6. The van der Waals surface area contributed by atoms with Crippen LogP contribution in [0.5, 0.6) is 5.75 Å². The van der Waals surface area contributed by atoms with E-state index in [1.54, 1.807) is 17.0 Å². The van der Waals surface area contributed by atoms with Crippen LogP contribution >= 0.6 is 23.2 Å². The van der Waals surface area contributed by atoms with Crippen LogP contribution in [-0.2, 0) is 21.2 Å². The number of rotatable bonds is 7. The molecule has 0 radical (unpaired) electrons. The Bertz CT molecular complexity index is 1340. The van der Waals surface area contributed by atoms with Crippen LogP contribution in [-0.4, -0.2) is 43.4 Å². The number of amides is 1. The summed E-state index contributed by atoms with van der Waals surface area (Å²) in [6.07, 6.45) is 0.427. The van der Waals surface area contributed by atoms with Gasteiger partial charge in [-0.1, -0.05) is 59.6 Å². The summed E-state index contributed by atoms with van der Waals surface area (Å²) in [7, 11) is -3.15. The monoisotopic (exact) mass is 531 g/mol. The lowest BCUT2D eigenvalue weighted by Gasteiger charge is -2.28. The molecule has 0 bridgehead atoms. The summed E-state index contributed by atoms with van der Waals surface area (Å²) in [6, 6.07) is 18.4. The summed E-state index contributed by atoms with van der Waals surface area (Å²) >= 11 is 12.3. The first kappa shape index (κ1) is 25.5. The smallest absolute Gasteiger partial charge is 0.261 e. The molecule has 1 atom stereocenters. The molecule has 3 aromatic carbocycles. The molecule has 3 aromatic rings. The normalized spacial score (nSPS) is 16.7. The predicted octanol–water partition coefficient (Wildman–Crippen LogP) is 5.87. The molecule has 0 spiro atoms. The topological polar surface area (TPSA) is 63.7 Å². The van der Waals surface area contributed by atoms with Crippen LogP contribution in [0.4, 0.5) is 0 Å². The minimum absolute atomic E-state index is 0.0269. The lowest BCUT2D eigenvalue weighted by atomic mass is 10.0. The maximum atomic E-state index is 13.2. The average molecular weight is 532 g/mol. The van der Waals surface area contributed by atoms with Gasteiger partial charge in [0, 0.05) is 28.2 Å². The molecule has 1 aliphatic heterocycles. The number of halogens is 2. The molecule has 8 heteroatoms.